The van der Waals surface area contributed by atoms with Crippen LogP contribution in [0.5, 0.6) is 0 Å². The quantitative estimate of drug-likeness (QED) is 0.267. The molecule has 2 aliphatic heterocycles. The van der Waals surface area contributed by atoms with Crippen LogP contribution in [0.3, 0.4) is 0 Å². The summed E-state index contributed by atoms with van der Waals surface area (Å²) in [6, 6.07) is 17.4. The second kappa shape index (κ2) is 11.4. The molecule has 11 heteroatoms. The molecule has 10 nitrogen and oxygen atoms in total. The van der Waals surface area contributed by atoms with Gasteiger partial charge < -0.3 is 24.3 Å². The lowest BCUT2D eigenvalue weighted by atomic mass is 9.96. The summed E-state index contributed by atoms with van der Waals surface area (Å²) >= 11 is 6.95. The number of likely N-dealkylation sites (N-methyl/N-ethyl adjacent to an activating group) is 1. The largest absolute Gasteiger partial charge is 0.435 e. The first-order valence-corrected chi connectivity index (χ1v) is 15.2. The van der Waals surface area contributed by atoms with Crippen LogP contribution in [0.25, 0.3) is 33.7 Å². The normalized spacial score (nSPS) is 15.6. The van der Waals surface area contributed by atoms with Gasteiger partial charge in [0.25, 0.3) is 5.91 Å². The second-order valence-corrected chi connectivity index (χ2v) is 12.3. The number of imidazole rings is 1. The smallest absolute Gasteiger partial charge is 0.291 e. The van der Waals surface area contributed by atoms with Gasteiger partial charge in [0.15, 0.2) is 11.4 Å². The van der Waals surface area contributed by atoms with Crippen LogP contribution in [-0.4, -0.2) is 68.1 Å². The lowest BCUT2D eigenvalue weighted by Gasteiger charge is -2.35. The monoisotopic (exact) mass is 621 g/mol. The molecule has 1 fully saturated rings. The summed E-state index contributed by atoms with van der Waals surface area (Å²) in [5.41, 5.74) is 8.19. The van der Waals surface area contributed by atoms with Gasteiger partial charge in [-0.15, -0.1) is 0 Å². The van der Waals surface area contributed by atoms with E-state index >= 15 is 0 Å². The highest BCUT2D eigenvalue weighted by Crippen LogP contribution is 2.39. The molecule has 5 aromatic rings. The molecule has 0 bridgehead atoms. The van der Waals surface area contributed by atoms with Gasteiger partial charge in [-0.1, -0.05) is 35.9 Å². The van der Waals surface area contributed by atoms with Crippen molar-refractivity contribution in [2.45, 2.75) is 32.5 Å². The third-order valence-corrected chi connectivity index (χ3v) is 9.17. The van der Waals surface area contributed by atoms with E-state index in [4.69, 9.17) is 21.0 Å². The highest BCUT2D eigenvalue weighted by molar-refractivity contribution is 6.36. The lowest BCUT2D eigenvalue weighted by molar-refractivity contribution is -0.00285. The molecule has 3 aromatic carbocycles. The number of nitriles is 1. The van der Waals surface area contributed by atoms with Crippen LogP contribution in [0, 0.1) is 18.3 Å². The Labute approximate surface area is 265 Å². The van der Waals surface area contributed by atoms with E-state index in [0.29, 0.717) is 65.3 Å². The molecule has 45 heavy (non-hydrogen) atoms. The zero-order valence-electron chi connectivity index (χ0n) is 25.3. The molecule has 0 aliphatic carbocycles. The average molecular weight is 622 g/mol. The van der Waals surface area contributed by atoms with Gasteiger partial charge in [-0.3, -0.25) is 9.69 Å². The van der Waals surface area contributed by atoms with Crippen molar-refractivity contribution >= 4 is 34.3 Å². The first-order valence-electron chi connectivity index (χ1n) is 14.9. The van der Waals surface area contributed by atoms with Crippen molar-refractivity contribution < 1.29 is 14.3 Å². The first-order chi connectivity index (χ1) is 21.7. The highest BCUT2D eigenvalue weighted by atomic mass is 35.5. The van der Waals surface area contributed by atoms with Crippen molar-refractivity contribution in [3.05, 3.63) is 87.5 Å². The minimum atomic E-state index is -0.316. The van der Waals surface area contributed by atoms with E-state index in [1.165, 1.54) is 0 Å². The number of carbonyl (C=O) groups excluding carboxylic acids is 1. The molecule has 1 amide bonds. The number of nitrogens with zero attached hydrogens (tertiary/aromatic N) is 6. The molecule has 2 aliphatic rings. The summed E-state index contributed by atoms with van der Waals surface area (Å²) in [6.07, 6.45) is 0.550. The molecule has 0 saturated carbocycles. The van der Waals surface area contributed by atoms with Crippen LogP contribution in [-0.2, 0) is 26.6 Å². The number of benzene rings is 3. The van der Waals surface area contributed by atoms with E-state index in [2.05, 4.69) is 26.2 Å². The van der Waals surface area contributed by atoms with Crippen LogP contribution in [0.15, 0.2) is 52.9 Å². The van der Waals surface area contributed by atoms with Gasteiger partial charge in [-0.25, -0.2) is 9.97 Å². The summed E-state index contributed by atoms with van der Waals surface area (Å²) in [4.78, 5) is 27.1. The number of aliphatic hydroxyl groups is 1. The van der Waals surface area contributed by atoms with Gasteiger partial charge in [0, 0.05) is 63.0 Å². The van der Waals surface area contributed by atoms with Gasteiger partial charge in [0.2, 0.25) is 5.89 Å². The zero-order chi connectivity index (χ0) is 31.4. The maximum Gasteiger partial charge on any atom is 0.291 e. The van der Waals surface area contributed by atoms with E-state index in [1.807, 2.05) is 68.1 Å². The summed E-state index contributed by atoms with van der Waals surface area (Å²) in [5.74, 6) is 0.444. The van der Waals surface area contributed by atoms with E-state index < -0.39 is 0 Å². The Morgan fingerprint density at radius 3 is 2.67 bits per heavy atom. The fourth-order valence-corrected chi connectivity index (χ4v) is 6.62. The van der Waals surface area contributed by atoms with Crippen molar-refractivity contribution in [2.75, 3.05) is 32.0 Å². The number of rotatable bonds is 6. The molecule has 0 atom stereocenters. The minimum absolute atomic E-state index is 0.294. The van der Waals surface area contributed by atoms with E-state index in [1.54, 1.807) is 6.07 Å². The number of aromatic nitrogens is 3. The molecule has 0 spiro atoms. The number of hydrogen-bond donors (Lipinski definition) is 2. The number of oxazole rings is 1. The molecular formula is C34H32ClN7O3. The fraction of sp³-hybridized carbons (Fsp3) is 0.294. The Morgan fingerprint density at radius 1 is 1.13 bits per heavy atom. The van der Waals surface area contributed by atoms with Gasteiger partial charge >= 0.3 is 0 Å². The number of nitrogens with one attached hydrogen (secondary N) is 1. The van der Waals surface area contributed by atoms with E-state index in [9.17, 15) is 15.2 Å². The van der Waals surface area contributed by atoms with Gasteiger partial charge in [0.1, 0.15) is 11.6 Å². The molecule has 1 saturated heterocycles. The van der Waals surface area contributed by atoms with Crippen molar-refractivity contribution in [1.82, 2.24) is 24.3 Å². The summed E-state index contributed by atoms with van der Waals surface area (Å²) in [5, 5.41) is 22.9. The van der Waals surface area contributed by atoms with Crippen LogP contribution < -0.4 is 5.32 Å². The van der Waals surface area contributed by atoms with Crippen LogP contribution in [0.1, 0.15) is 38.7 Å². The van der Waals surface area contributed by atoms with E-state index in [-0.39, 0.29) is 12.0 Å². The van der Waals surface area contributed by atoms with Gasteiger partial charge in [-0.05, 0) is 54.9 Å². The van der Waals surface area contributed by atoms with Gasteiger partial charge in [0.05, 0.1) is 28.1 Å². The molecule has 228 valence electrons. The third kappa shape index (κ3) is 5.28. The Morgan fingerprint density at radius 2 is 1.89 bits per heavy atom. The maximum absolute atomic E-state index is 13.4. The standard InChI is InChI=1S/C34H32ClN7O3/c1-19-23(25-8-5-9-26(30(25)35)38-33(44)32-37-28-18-40(2)11-10-29(28)41(32)3)6-4-7-24(19)34-39-27-13-20(15-42-16-22(43)17-42)12-21(14-36)31(27)45-34/h4-9,12-13,22,43H,10-11,15-18H2,1-3H3,(H,38,44). The number of likely N-dealkylation sites (tertiary alicyclic amines) is 1. The second-order valence-electron chi connectivity index (χ2n) is 11.9. The molecular weight excluding hydrogens is 590 g/mol. The zero-order valence-corrected chi connectivity index (χ0v) is 26.0. The molecule has 0 radical (unpaired) electrons. The Kier molecular flexibility index (Phi) is 7.42. The van der Waals surface area contributed by atoms with Crippen molar-refractivity contribution in [3.63, 3.8) is 0 Å². The van der Waals surface area contributed by atoms with Crippen LogP contribution >= 0.6 is 11.6 Å². The number of amides is 1. The maximum atomic E-state index is 13.4. The number of halogens is 1. The number of carbonyl (C=O) groups is 1. The van der Waals surface area contributed by atoms with Crippen molar-refractivity contribution in [3.8, 4) is 28.7 Å². The fourth-order valence-electron chi connectivity index (χ4n) is 6.35. The molecule has 7 rings (SSSR count). The Balaban J connectivity index is 1.19. The molecule has 4 heterocycles. The molecule has 0 unspecified atom stereocenters. The third-order valence-electron chi connectivity index (χ3n) is 8.77. The Hall–Kier alpha value is -4.53. The SMILES string of the molecule is Cc1c(-c2nc3cc(CN4CC(O)C4)cc(C#N)c3o2)cccc1-c1cccc(NC(=O)c2nc3c(n2C)CCN(C)C3)c1Cl. The molecule has 2 aromatic heterocycles. The summed E-state index contributed by atoms with van der Waals surface area (Å²) in [7, 11) is 3.93. The minimum Gasteiger partial charge on any atom is -0.435 e. The van der Waals surface area contributed by atoms with Gasteiger partial charge in [-0.2, -0.15) is 5.26 Å². The van der Waals surface area contributed by atoms with E-state index in [0.717, 1.165) is 52.2 Å². The summed E-state index contributed by atoms with van der Waals surface area (Å²) < 4.78 is 8.06. The predicted molar refractivity (Wildman–Crippen MR) is 172 cm³/mol. The topological polar surface area (TPSA) is 123 Å². The summed E-state index contributed by atoms with van der Waals surface area (Å²) in [6.45, 7) is 5.48. The van der Waals surface area contributed by atoms with Crippen LogP contribution in [0.4, 0.5) is 5.69 Å². The van der Waals surface area contributed by atoms with Crippen LogP contribution in [0.2, 0.25) is 5.02 Å². The Bertz CT molecular complexity index is 2020. The number of hydrogen-bond acceptors (Lipinski definition) is 8. The number of fused-ring (bicyclic) bond motifs is 2. The van der Waals surface area contributed by atoms with Crippen molar-refractivity contribution in [1.29, 1.82) is 5.26 Å². The lowest BCUT2D eigenvalue weighted by Crippen LogP contribution is -2.49. The molecule has 2 N–H and O–H groups in total. The number of aliphatic hydroxyl groups excluding tert-OH is 1. The number of anilines is 1. The van der Waals surface area contributed by atoms with Crippen molar-refractivity contribution in [2.24, 2.45) is 7.05 Å². The first kappa shape index (κ1) is 29.2. The average Bonchev–Trinajstić information content (AvgIpc) is 3.58. The highest BCUT2D eigenvalue weighted by Gasteiger charge is 2.26. The predicted octanol–water partition coefficient (Wildman–Crippen LogP) is 5.15. The number of β-amino-alcohol motifs (C(OH)–C–C–N with tert-alkyl or cyclic N) is 1.